The van der Waals surface area contributed by atoms with Gasteiger partial charge < -0.3 is 4.90 Å². The molecule has 1 aliphatic rings. The maximum absolute atomic E-state index is 15.1. The van der Waals surface area contributed by atoms with Crippen LogP contribution in [0.5, 0.6) is 0 Å². The Kier molecular flexibility index (Phi) is 5.78. The molecule has 0 atom stereocenters. The minimum Gasteiger partial charge on any atom is -0.302 e. The molecule has 1 fully saturated rings. The third kappa shape index (κ3) is 3.95. The van der Waals surface area contributed by atoms with Crippen LogP contribution >= 0.6 is 12.2 Å². The van der Waals surface area contributed by atoms with E-state index >= 15 is 4.39 Å². The number of thiocarbonyl (C=S) groups is 1. The predicted octanol–water partition coefficient (Wildman–Crippen LogP) is 5.63. The molecular formula is C23H22F4N4OS. The fourth-order valence-electron chi connectivity index (χ4n) is 4.02. The van der Waals surface area contributed by atoms with Gasteiger partial charge in [-0.2, -0.15) is 18.4 Å². The number of carbonyl (C=O) groups is 1. The zero-order valence-electron chi connectivity index (χ0n) is 18.9. The van der Waals surface area contributed by atoms with E-state index in [0.29, 0.717) is 5.69 Å². The molecule has 174 valence electrons. The van der Waals surface area contributed by atoms with Crippen LogP contribution in [0.4, 0.5) is 28.9 Å². The molecule has 0 bridgehead atoms. The highest BCUT2D eigenvalue weighted by molar-refractivity contribution is 7.81. The summed E-state index contributed by atoms with van der Waals surface area (Å²) in [5, 5.41) is 8.82. The first kappa shape index (κ1) is 24.6. The lowest BCUT2D eigenvalue weighted by Crippen LogP contribution is -2.44. The van der Waals surface area contributed by atoms with Gasteiger partial charge in [0, 0.05) is 11.1 Å². The number of carbonyl (C=O) groups excluding carboxylic acids is 1. The number of hydrogen-bond acceptors (Lipinski definition) is 4. The van der Waals surface area contributed by atoms with Crippen LogP contribution in [-0.4, -0.2) is 21.5 Å². The van der Waals surface area contributed by atoms with Crippen molar-refractivity contribution in [2.45, 2.75) is 58.7 Å². The van der Waals surface area contributed by atoms with Gasteiger partial charge in [0.15, 0.2) is 10.9 Å². The zero-order chi connectivity index (χ0) is 25.1. The first-order valence-electron chi connectivity index (χ1n) is 9.99. The first-order valence-corrected chi connectivity index (χ1v) is 10.4. The molecule has 0 radical (unpaired) electrons. The summed E-state index contributed by atoms with van der Waals surface area (Å²) in [6.07, 6.45) is -3.59. The van der Waals surface area contributed by atoms with Crippen molar-refractivity contribution in [3.05, 3.63) is 52.6 Å². The number of halogens is 4. The molecular weight excluding hydrogens is 456 g/mol. The monoisotopic (exact) mass is 478 g/mol. The van der Waals surface area contributed by atoms with Crippen LogP contribution in [0.15, 0.2) is 24.4 Å². The normalized spacial score (nSPS) is 16.4. The van der Waals surface area contributed by atoms with E-state index in [4.69, 9.17) is 17.5 Å². The molecule has 0 aliphatic carbocycles. The van der Waals surface area contributed by atoms with Crippen LogP contribution in [0.2, 0.25) is 0 Å². The van der Waals surface area contributed by atoms with Gasteiger partial charge >= 0.3 is 6.18 Å². The van der Waals surface area contributed by atoms with E-state index in [9.17, 15) is 18.0 Å². The summed E-state index contributed by atoms with van der Waals surface area (Å²) in [6.45, 7) is 11.0. The molecule has 3 rings (SSSR count). The molecule has 0 spiro atoms. The number of rotatable bonds is 2. The van der Waals surface area contributed by atoms with Gasteiger partial charge in [0.25, 0.3) is 5.91 Å². The summed E-state index contributed by atoms with van der Waals surface area (Å²) in [7, 11) is 0. The van der Waals surface area contributed by atoms with Gasteiger partial charge in [0.05, 0.1) is 29.2 Å². The van der Waals surface area contributed by atoms with Crippen molar-refractivity contribution < 1.29 is 22.4 Å². The van der Waals surface area contributed by atoms with Crippen molar-refractivity contribution in [2.24, 2.45) is 0 Å². The molecule has 1 aromatic heterocycles. The van der Waals surface area contributed by atoms with Crippen molar-refractivity contribution in [1.29, 1.82) is 5.26 Å². The molecule has 0 N–H and O–H groups in total. The van der Waals surface area contributed by atoms with Gasteiger partial charge in [0.1, 0.15) is 11.1 Å². The Bertz CT molecular complexity index is 1210. The number of amides is 1. The van der Waals surface area contributed by atoms with Crippen LogP contribution in [0.1, 0.15) is 57.0 Å². The van der Waals surface area contributed by atoms with Crippen molar-refractivity contribution in [3.63, 3.8) is 0 Å². The van der Waals surface area contributed by atoms with Crippen LogP contribution in [0.25, 0.3) is 0 Å². The quantitative estimate of drug-likeness (QED) is 0.413. The molecule has 1 amide bonds. The maximum atomic E-state index is 15.1. The van der Waals surface area contributed by atoms with E-state index in [-0.39, 0.29) is 10.5 Å². The first-order chi connectivity index (χ1) is 15.0. The second-order valence-electron chi connectivity index (χ2n) is 9.36. The van der Waals surface area contributed by atoms with Gasteiger partial charge in [-0.25, -0.2) is 4.39 Å². The molecule has 2 heterocycles. The maximum Gasteiger partial charge on any atom is 0.420 e. The summed E-state index contributed by atoms with van der Waals surface area (Å²) in [5.74, 6) is -2.44. The average molecular weight is 479 g/mol. The number of pyridine rings is 1. The molecule has 1 aliphatic heterocycles. The Labute approximate surface area is 194 Å². The number of nitrogens with zero attached hydrogens (tertiary/aromatic N) is 4. The van der Waals surface area contributed by atoms with Gasteiger partial charge in [-0.1, -0.05) is 20.8 Å². The SMILES string of the molecule is Cc1cc(N2C(=S)N(c3ccc(C#N)c(C(F)(F)F)c3F)C(=O)C2(C)C)cnc1C(C)(C)C. The van der Waals surface area contributed by atoms with Crippen LogP contribution in [-0.2, 0) is 16.4 Å². The van der Waals surface area contributed by atoms with E-state index in [2.05, 4.69) is 4.98 Å². The highest BCUT2D eigenvalue weighted by Gasteiger charge is 2.52. The number of benzene rings is 1. The molecule has 1 aromatic carbocycles. The van der Waals surface area contributed by atoms with Gasteiger partial charge in [-0.3, -0.25) is 14.7 Å². The highest BCUT2D eigenvalue weighted by atomic mass is 32.1. The molecule has 10 heteroatoms. The second-order valence-corrected chi connectivity index (χ2v) is 9.72. The Morgan fingerprint density at radius 3 is 2.27 bits per heavy atom. The Balaban J connectivity index is 2.16. The third-order valence-corrected chi connectivity index (χ3v) is 5.83. The van der Waals surface area contributed by atoms with E-state index < -0.39 is 40.3 Å². The van der Waals surface area contributed by atoms with E-state index in [0.717, 1.165) is 28.3 Å². The Hall–Kier alpha value is -3.06. The van der Waals surface area contributed by atoms with Gasteiger partial charge in [-0.15, -0.1) is 0 Å². The Morgan fingerprint density at radius 2 is 1.79 bits per heavy atom. The fourth-order valence-corrected chi connectivity index (χ4v) is 4.53. The number of aromatic nitrogens is 1. The van der Waals surface area contributed by atoms with Crippen molar-refractivity contribution in [2.75, 3.05) is 9.80 Å². The van der Waals surface area contributed by atoms with Gasteiger partial charge in [0.2, 0.25) is 0 Å². The van der Waals surface area contributed by atoms with Gasteiger partial charge in [-0.05, 0) is 56.8 Å². The zero-order valence-corrected chi connectivity index (χ0v) is 19.7. The topological polar surface area (TPSA) is 60.2 Å². The predicted molar refractivity (Wildman–Crippen MR) is 120 cm³/mol. The van der Waals surface area contributed by atoms with E-state index in [1.807, 2.05) is 27.7 Å². The summed E-state index contributed by atoms with van der Waals surface area (Å²) >= 11 is 5.45. The summed E-state index contributed by atoms with van der Waals surface area (Å²) in [5.41, 5.74) is -2.70. The molecule has 2 aromatic rings. The van der Waals surface area contributed by atoms with Crippen LogP contribution < -0.4 is 9.80 Å². The molecule has 0 saturated carbocycles. The lowest BCUT2D eigenvalue weighted by atomic mass is 9.88. The smallest absolute Gasteiger partial charge is 0.302 e. The van der Waals surface area contributed by atoms with E-state index in [1.54, 1.807) is 19.9 Å². The number of anilines is 2. The number of alkyl halides is 3. The minimum absolute atomic E-state index is 0.188. The molecule has 5 nitrogen and oxygen atoms in total. The lowest BCUT2D eigenvalue weighted by Gasteiger charge is -2.30. The summed E-state index contributed by atoms with van der Waals surface area (Å²) < 4.78 is 55.5. The second kappa shape index (κ2) is 7.76. The standard InChI is InChI=1S/C23H22F4N4OS/c1-12-9-14(11-29-18(12)21(2,3)4)31-20(33)30(19(32)22(31,5)6)15-8-7-13(10-28)16(17(15)24)23(25,26)27/h7-9,11H,1-6H3. The average Bonchev–Trinajstić information content (AvgIpc) is 2.84. The van der Waals surface area contributed by atoms with Crippen molar-refractivity contribution in [3.8, 4) is 6.07 Å². The number of aryl methyl sites for hydroxylation is 1. The Morgan fingerprint density at radius 1 is 1.18 bits per heavy atom. The van der Waals surface area contributed by atoms with Crippen LogP contribution in [0, 0.1) is 24.1 Å². The fraction of sp³-hybridized carbons (Fsp3) is 0.391. The largest absolute Gasteiger partial charge is 0.420 e. The summed E-state index contributed by atoms with van der Waals surface area (Å²) in [6, 6.07) is 4.92. The van der Waals surface area contributed by atoms with Crippen molar-refractivity contribution >= 4 is 34.6 Å². The van der Waals surface area contributed by atoms with E-state index in [1.165, 1.54) is 17.2 Å². The summed E-state index contributed by atoms with van der Waals surface area (Å²) in [4.78, 5) is 20.0. The number of hydrogen-bond donors (Lipinski definition) is 0. The molecule has 0 unspecified atom stereocenters. The van der Waals surface area contributed by atoms with Crippen LogP contribution in [0.3, 0.4) is 0 Å². The highest BCUT2D eigenvalue weighted by Crippen LogP contribution is 2.42. The lowest BCUT2D eigenvalue weighted by molar-refractivity contribution is -0.140. The minimum atomic E-state index is -5.13. The number of nitriles is 1. The van der Waals surface area contributed by atoms with Crippen molar-refractivity contribution in [1.82, 2.24) is 4.98 Å². The molecule has 1 saturated heterocycles. The third-order valence-electron chi connectivity index (χ3n) is 5.47. The molecule has 33 heavy (non-hydrogen) atoms.